The monoisotopic (exact) mass is 321 g/mol. The SMILES string of the molecule is CC(C)C(CCCl)NCc1ccc(F)cc1Br. The molecule has 1 aromatic rings. The molecule has 0 fully saturated rings. The van der Waals surface area contributed by atoms with Gasteiger partial charge in [-0.15, -0.1) is 11.6 Å². The van der Waals surface area contributed by atoms with Gasteiger partial charge in [-0.05, 0) is 30.0 Å². The predicted octanol–water partition coefficient (Wildman–Crippen LogP) is 4.33. The fourth-order valence-electron chi connectivity index (χ4n) is 1.69. The van der Waals surface area contributed by atoms with Crippen LogP contribution in [0, 0.1) is 11.7 Å². The lowest BCUT2D eigenvalue weighted by Gasteiger charge is -2.21. The van der Waals surface area contributed by atoms with E-state index in [-0.39, 0.29) is 5.82 Å². The summed E-state index contributed by atoms with van der Waals surface area (Å²) in [5.74, 6) is 0.968. The van der Waals surface area contributed by atoms with E-state index in [2.05, 4.69) is 35.1 Å². The number of nitrogens with one attached hydrogen (secondary N) is 1. The molecule has 1 rings (SSSR count). The zero-order valence-corrected chi connectivity index (χ0v) is 12.5. The van der Waals surface area contributed by atoms with Gasteiger partial charge >= 0.3 is 0 Å². The second-order valence-corrected chi connectivity index (χ2v) is 5.68. The van der Waals surface area contributed by atoms with Crippen molar-refractivity contribution in [2.45, 2.75) is 32.9 Å². The summed E-state index contributed by atoms with van der Waals surface area (Å²) in [6.45, 7) is 5.06. The molecular formula is C13H18BrClFN. The van der Waals surface area contributed by atoms with Gasteiger partial charge in [0, 0.05) is 22.9 Å². The van der Waals surface area contributed by atoms with Gasteiger partial charge in [0.15, 0.2) is 0 Å². The Bertz CT molecular complexity index is 357. The maximum atomic E-state index is 12.9. The molecule has 1 nitrogen and oxygen atoms in total. The number of rotatable bonds is 6. The van der Waals surface area contributed by atoms with Crippen molar-refractivity contribution in [2.75, 3.05) is 5.88 Å². The van der Waals surface area contributed by atoms with Gasteiger partial charge in [0.1, 0.15) is 5.82 Å². The molecule has 0 saturated carbocycles. The highest BCUT2D eigenvalue weighted by Gasteiger charge is 2.12. The van der Waals surface area contributed by atoms with Gasteiger partial charge in [0.05, 0.1) is 0 Å². The number of hydrogen-bond acceptors (Lipinski definition) is 1. The van der Waals surface area contributed by atoms with Crippen LogP contribution in [-0.2, 0) is 6.54 Å². The molecular weight excluding hydrogens is 305 g/mol. The van der Waals surface area contributed by atoms with Gasteiger partial charge in [-0.1, -0.05) is 35.8 Å². The second-order valence-electron chi connectivity index (χ2n) is 4.44. The summed E-state index contributed by atoms with van der Waals surface area (Å²) >= 11 is 9.14. The molecule has 1 aromatic carbocycles. The van der Waals surface area contributed by atoms with Crippen LogP contribution in [0.5, 0.6) is 0 Å². The minimum atomic E-state index is -0.221. The Morgan fingerprint density at radius 1 is 1.41 bits per heavy atom. The summed E-state index contributed by atoms with van der Waals surface area (Å²) in [4.78, 5) is 0. The Hall–Kier alpha value is -0.120. The first-order valence-corrected chi connectivity index (χ1v) is 7.10. The molecule has 0 aliphatic rings. The fourth-order valence-corrected chi connectivity index (χ4v) is 2.42. The van der Waals surface area contributed by atoms with E-state index in [0.717, 1.165) is 23.0 Å². The Balaban J connectivity index is 2.59. The molecule has 0 bridgehead atoms. The van der Waals surface area contributed by atoms with Crippen molar-refractivity contribution >= 4 is 27.5 Å². The van der Waals surface area contributed by atoms with E-state index in [1.165, 1.54) is 12.1 Å². The third kappa shape index (κ3) is 4.94. The Kier molecular flexibility index (Phi) is 6.45. The summed E-state index contributed by atoms with van der Waals surface area (Å²) in [5, 5.41) is 3.46. The van der Waals surface area contributed by atoms with Crippen LogP contribution < -0.4 is 5.32 Å². The molecule has 0 saturated heterocycles. The van der Waals surface area contributed by atoms with Crippen LogP contribution >= 0.6 is 27.5 Å². The van der Waals surface area contributed by atoms with E-state index < -0.39 is 0 Å². The zero-order valence-electron chi connectivity index (χ0n) is 10.1. The molecule has 0 aromatic heterocycles. The average Bonchev–Trinajstić information content (AvgIpc) is 2.25. The highest BCUT2D eigenvalue weighted by Crippen LogP contribution is 2.18. The number of benzene rings is 1. The molecule has 1 atom stereocenters. The van der Waals surface area contributed by atoms with Gasteiger partial charge in [-0.3, -0.25) is 0 Å². The summed E-state index contributed by atoms with van der Waals surface area (Å²) in [6.07, 6.45) is 0.942. The Labute approximate surface area is 116 Å². The van der Waals surface area contributed by atoms with E-state index >= 15 is 0 Å². The normalized spacial score (nSPS) is 13.1. The van der Waals surface area contributed by atoms with E-state index in [9.17, 15) is 4.39 Å². The number of halogens is 3. The van der Waals surface area contributed by atoms with Crippen molar-refractivity contribution < 1.29 is 4.39 Å². The smallest absolute Gasteiger partial charge is 0.124 e. The highest BCUT2D eigenvalue weighted by atomic mass is 79.9. The maximum absolute atomic E-state index is 12.9. The standard InChI is InChI=1S/C13H18BrClFN/c1-9(2)13(5-6-15)17-8-10-3-4-11(16)7-12(10)14/h3-4,7,9,13,17H,5-6,8H2,1-2H3. The first-order chi connectivity index (χ1) is 8.04. The maximum Gasteiger partial charge on any atom is 0.124 e. The molecule has 0 aliphatic carbocycles. The molecule has 0 heterocycles. The largest absolute Gasteiger partial charge is 0.310 e. The quantitative estimate of drug-likeness (QED) is 0.769. The minimum absolute atomic E-state index is 0.221. The highest BCUT2D eigenvalue weighted by molar-refractivity contribution is 9.10. The first kappa shape index (κ1) is 14.9. The van der Waals surface area contributed by atoms with Gasteiger partial charge in [0.2, 0.25) is 0 Å². The molecule has 0 aliphatic heterocycles. The van der Waals surface area contributed by atoms with Crippen LogP contribution in [0.2, 0.25) is 0 Å². The van der Waals surface area contributed by atoms with Crippen molar-refractivity contribution in [3.63, 3.8) is 0 Å². The molecule has 0 amide bonds. The lowest BCUT2D eigenvalue weighted by Crippen LogP contribution is -2.33. The summed E-state index contributed by atoms with van der Waals surface area (Å²) in [6, 6.07) is 5.16. The molecule has 4 heteroatoms. The molecule has 0 radical (unpaired) electrons. The minimum Gasteiger partial charge on any atom is -0.310 e. The van der Waals surface area contributed by atoms with Crippen molar-refractivity contribution in [2.24, 2.45) is 5.92 Å². The van der Waals surface area contributed by atoms with Gasteiger partial charge in [0.25, 0.3) is 0 Å². The van der Waals surface area contributed by atoms with Crippen molar-refractivity contribution in [1.29, 1.82) is 0 Å². The van der Waals surface area contributed by atoms with Crippen molar-refractivity contribution in [3.8, 4) is 0 Å². The van der Waals surface area contributed by atoms with Gasteiger partial charge in [-0.25, -0.2) is 4.39 Å². The summed E-state index contributed by atoms with van der Waals surface area (Å²) < 4.78 is 13.7. The first-order valence-electron chi connectivity index (χ1n) is 5.78. The predicted molar refractivity (Wildman–Crippen MR) is 74.9 cm³/mol. The van der Waals surface area contributed by atoms with Crippen molar-refractivity contribution in [1.82, 2.24) is 5.32 Å². The van der Waals surface area contributed by atoms with E-state index in [4.69, 9.17) is 11.6 Å². The zero-order chi connectivity index (χ0) is 12.8. The van der Waals surface area contributed by atoms with E-state index in [0.29, 0.717) is 17.8 Å². The second kappa shape index (κ2) is 7.34. The number of alkyl halides is 1. The van der Waals surface area contributed by atoms with Crippen LogP contribution in [0.1, 0.15) is 25.8 Å². The molecule has 96 valence electrons. The van der Waals surface area contributed by atoms with Crippen LogP contribution in [0.25, 0.3) is 0 Å². The van der Waals surface area contributed by atoms with Crippen LogP contribution in [0.3, 0.4) is 0 Å². The average molecular weight is 323 g/mol. The lowest BCUT2D eigenvalue weighted by atomic mass is 10.0. The van der Waals surface area contributed by atoms with E-state index in [1.54, 1.807) is 6.07 Å². The van der Waals surface area contributed by atoms with Gasteiger partial charge in [-0.2, -0.15) is 0 Å². The fraction of sp³-hybridized carbons (Fsp3) is 0.538. The van der Waals surface area contributed by atoms with Crippen molar-refractivity contribution in [3.05, 3.63) is 34.1 Å². The van der Waals surface area contributed by atoms with Crippen LogP contribution in [-0.4, -0.2) is 11.9 Å². The van der Waals surface area contributed by atoms with E-state index in [1.807, 2.05) is 0 Å². The molecule has 1 unspecified atom stereocenters. The lowest BCUT2D eigenvalue weighted by molar-refractivity contribution is 0.388. The number of hydrogen-bond donors (Lipinski definition) is 1. The third-order valence-corrected chi connectivity index (χ3v) is 3.75. The Morgan fingerprint density at radius 2 is 2.12 bits per heavy atom. The Morgan fingerprint density at radius 3 is 2.65 bits per heavy atom. The summed E-state index contributed by atoms with van der Waals surface area (Å²) in [5.41, 5.74) is 1.06. The topological polar surface area (TPSA) is 12.0 Å². The molecule has 17 heavy (non-hydrogen) atoms. The summed E-state index contributed by atoms with van der Waals surface area (Å²) in [7, 11) is 0. The van der Waals surface area contributed by atoms with Crippen LogP contribution in [0.15, 0.2) is 22.7 Å². The molecule has 1 N–H and O–H groups in total. The third-order valence-electron chi connectivity index (χ3n) is 2.79. The molecule has 0 spiro atoms. The van der Waals surface area contributed by atoms with Crippen LogP contribution in [0.4, 0.5) is 4.39 Å². The van der Waals surface area contributed by atoms with Gasteiger partial charge < -0.3 is 5.32 Å².